The summed E-state index contributed by atoms with van der Waals surface area (Å²) in [5.74, 6) is 1.39. The smallest absolute Gasteiger partial charge is 0.191 e. The molecule has 0 heterocycles. The number of benzene rings is 1. The van der Waals surface area contributed by atoms with E-state index in [-0.39, 0.29) is 28.7 Å². The van der Waals surface area contributed by atoms with Crippen LogP contribution >= 0.6 is 24.0 Å². The molecule has 0 aromatic heterocycles. The number of nitrogens with zero attached hydrogens (tertiary/aromatic N) is 1. The molecule has 0 saturated carbocycles. The van der Waals surface area contributed by atoms with Gasteiger partial charge in [-0.05, 0) is 33.3 Å². The first kappa shape index (κ1) is 21.4. The van der Waals surface area contributed by atoms with Crippen LogP contribution in [0.5, 0.6) is 0 Å². The lowest BCUT2D eigenvalue weighted by atomic mass is 10.2. The van der Waals surface area contributed by atoms with E-state index in [0.717, 1.165) is 12.5 Å². The number of nitrogens with one attached hydrogen (secondary N) is 2. The fourth-order valence-corrected chi connectivity index (χ4v) is 2.56. The number of aliphatic imine (C=N–C) groups is 1. The molecule has 22 heavy (non-hydrogen) atoms. The maximum atomic E-state index is 12.0. The van der Waals surface area contributed by atoms with Gasteiger partial charge in [-0.1, -0.05) is 30.3 Å². The molecular formula is C16H28IN3OS. The summed E-state index contributed by atoms with van der Waals surface area (Å²) in [4.78, 5) is 4.54. The van der Waals surface area contributed by atoms with Crippen LogP contribution in [0.15, 0.2) is 35.3 Å². The molecule has 2 N–H and O–H groups in total. The first-order chi connectivity index (χ1) is 9.93. The van der Waals surface area contributed by atoms with Crippen LogP contribution in [-0.4, -0.2) is 33.8 Å². The van der Waals surface area contributed by atoms with Crippen LogP contribution in [-0.2, 0) is 17.3 Å². The standard InChI is InChI=1S/C16H27N3OS.HI/c1-5-17-15(18-11-12-21(20)16(2,3)4)19-13-14-9-7-6-8-10-14;/h6-10H,5,11-13H2,1-4H3,(H2,17,18,19);1H. The van der Waals surface area contributed by atoms with Crippen molar-refractivity contribution in [3.05, 3.63) is 35.9 Å². The highest BCUT2D eigenvalue weighted by Crippen LogP contribution is 2.10. The molecular weight excluding hydrogens is 409 g/mol. The van der Waals surface area contributed by atoms with Crippen molar-refractivity contribution in [2.45, 2.75) is 39.0 Å². The first-order valence-electron chi connectivity index (χ1n) is 7.38. The summed E-state index contributed by atoms with van der Waals surface area (Å²) in [6.45, 7) is 10.1. The maximum Gasteiger partial charge on any atom is 0.191 e. The molecule has 0 radical (unpaired) electrons. The molecule has 6 heteroatoms. The van der Waals surface area contributed by atoms with E-state index in [4.69, 9.17) is 0 Å². The van der Waals surface area contributed by atoms with Crippen LogP contribution in [0.4, 0.5) is 0 Å². The zero-order chi connectivity index (χ0) is 15.7. The third-order valence-corrected chi connectivity index (χ3v) is 4.81. The summed E-state index contributed by atoms with van der Waals surface area (Å²) in [5.41, 5.74) is 1.17. The molecule has 0 fully saturated rings. The minimum absolute atomic E-state index is 0. The molecule has 0 aliphatic rings. The normalized spacial score (nSPS) is 13.2. The summed E-state index contributed by atoms with van der Waals surface area (Å²) < 4.78 is 11.8. The van der Waals surface area contributed by atoms with Crippen molar-refractivity contribution in [3.63, 3.8) is 0 Å². The van der Waals surface area contributed by atoms with Crippen molar-refractivity contribution in [3.8, 4) is 0 Å². The van der Waals surface area contributed by atoms with Gasteiger partial charge in [-0.25, -0.2) is 4.99 Å². The Hall–Kier alpha value is -0.630. The Kier molecular flexibility index (Phi) is 10.7. The zero-order valence-corrected chi connectivity index (χ0v) is 17.0. The summed E-state index contributed by atoms with van der Waals surface area (Å²) >= 11 is 0. The maximum absolute atomic E-state index is 12.0. The minimum atomic E-state index is -0.843. The molecule has 1 aromatic rings. The van der Waals surface area contributed by atoms with Gasteiger partial charge in [-0.2, -0.15) is 0 Å². The molecule has 0 aliphatic heterocycles. The molecule has 0 spiro atoms. The van der Waals surface area contributed by atoms with E-state index in [1.54, 1.807) is 0 Å². The van der Waals surface area contributed by atoms with Gasteiger partial charge in [0.05, 0.1) is 6.54 Å². The van der Waals surface area contributed by atoms with Gasteiger partial charge in [0, 0.05) is 34.4 Å². The van der Waals surface area contributed by atoms with E-state index in [0.29, 0.717) is 18.8 Å². The fourth-order valence-electron chi connectivity index (χ4n) is 1.66. The highest BCUT2D eigenvalue weighted by atomic mass is 127. The molecule has 1 unspecified atom stereocenters. The second-order valence-corrected chi connectivity index (χ2v) is 8.09. The van der Waals surface area contributed by atoms with Crippen LogP contribution in [0.1, 0.15) is 33.3 Å². The number of rotatable bonds is 6. The van der Waals surface area contributed by atoms with Crippen LogP contribution in [0, 0.1) is 0 Å². The average Bonchev–Trinajstić information content (AvgIpc) is 2.44. The predicted molar refractivity (Wildman–Crippen MR) is 107 cm³/mol. The van der Waals surface area contributed by atoms with E-state index in [1.807, 2.05) is 45.9 Å². The Morgan fingerprint density at radius 3 is 2.36 bits per heavy atom. The van der Waals surface area contributed by atoms with E-state index in [9.17, 15) is 4.21 Å². The van der Waals surface area contributed by atoms with E-state index < -0.39 is 10.8 Å². The average molecular weight is 437 g/mol. The van der Waals surface area contributed by atoms with E-state index >= 15 is 0 Å². The quantitative estimate of drug-likeness (QED) is 0.409. The summed E-state index contributed by atoms with van der Waals surface area (Å²) in [6, 6.07) is 10.1. The first-order valence-corrected chi connectivity index (χ1v) is 8.70. The summed E-state index contributed by atoms with van der Waals surface area (Å²) in [7, 11) is -0.843. The van der Waals surface area contributed by atoms with Crippen molar-refractivity contribution in [2.24, 2.45) is 4.99 Å². The third-order valence-electron chi connectivity index (χ3n) is 2.87. The van der Waals surface area contributed by atoms with Gasteiger partial charge in [0.2, 0.25) is 0 Å². The van der Waals surface area contributed by atoms with Gasteiger partial charge in [0.15, 0.2) is 5.96 Å². The van der Waals surface area contributed by atoms with Gasteiger partial charge < -0.3 is 10.6 Å². The van der Waals surface area contributed by atoms with Crippen molar-refractivity contribution < 1.29 is 4.21 Å². The lowest BCUT2D eigenvalue weighted by Gasteiger charge is -2.18. The lowest BCUT2D eigenvalue weighted by molar-refractivity contribution is 0.647. The highest BCUT2D eigenvalue weighted by molar-refractivity contribution is 14.0. The molecule has 0 bridgehead atoms. The molecule has 4 nitrogen and oxygen atoms in total. The van der Waals surface area contributed by atoms with Crippen molar-refractivity contribution in [2.75, 3.05) is 18.8 Å². The largest absolute Gasteiger partial charge is 0.357 e. The van der Waals surface area contributed by atoms with E-state index in [1.165, 1.54) is 5.56 Å². The Bertz CT molecular complexity index is 472. The predicted octanol–water partition coefficient (Wildman–Crippen LogP) is 2.91. The zero-order valence-electron chi connectivity index (χ0n) is 13.9. The molecule has 0 aliphatic carbocycles. The minimum Gasteiger partial charge on any atom is -0.357 e. The van der Waals surface area contributed by atoms with Gasteiger partial charge in [0.1, 0.15) is 0 Å². The molecule has 0 amide bonds. The van der Waals surface area contributed by atoms with Gasteiger partial charge >= 0.3 is 0 Å². The van der Waals surface area contributed by atoms with Crippen molar-refractivity contribution in [1.82, 2.24) is 10.6 Å². The van der Waals surface area contributed by atoms with Crippen molar-refractivity contribution in [1.29, 1.82) is 0 Å². The second-order valence-electron chi connectivity index (χ2n) is 5.77. The number of guanidine groups is 1. The van der Waals surface area contributed by atoms with Crippen LogP contribution in [0.2, 0.25) is 0 Å². The Morgan fingerprint density at radius 1 is 1.18 bits per heavy atom. The van der Waals surface area contributed by atoms with E-state index in [2.05, 4.69) is 27.8 Å². The Morgan fingerprint density at radius 2 is 1.82 bits per heavy atom. The van der Waals surface area contributed by atoms with Gasteiger partial charge in [-0.15, -0.1) is 24.0 Å². The number of halogens is 1. The monoisotopic (exact) mass is 437 g/mol. The lowest BCUT2D eigenvalue weighted by Crippen LogP contribution is -2.40. The molecule has 1 atom stereocenters. The topological polar surface area (TPSA) is 53.5 Å². The SMILES string of the molecule is CCNC(=NCc1ccccc1)NCCS(=O)C(C)(C)C.I. The third kappa shape index (κ3) is 8.73. The second kappa shape index (κ2) is 11.0. The summed E-state index contributed by atoms with van der Waals surface area (Å²) in [6.07, 6.45) is 0. The van der Waals surface area contributed by atoms with Crippen LogP contribution < -0.4 is 10.6 Å². The fraction of sp³-hybridized carbons (Fsp3) is 0.562. The van der Waals surface area contributed by atoms with Crippen LogP contribution in [0.25, 0.3) is 0 Å². The molecule has 0 saturated heterocycles. The van der Waals surface area contributed by atoms with Gasteiger partial charge in [0.25, 0.3) is 0 Å². The molecule has 1 rings (SSSR count). The Labute approximate surface area is 154 Å². The van der Waals surface area contributed by atoms with Crippen molar-refractivity contribution >= 4 is 40.7 Å². The number of hydrogen-bond acceptors (Lipinski definition) is 2. The summed E-state index contributed by atoms with van der Waals surface area (Å²) in [5, 5.41) is 6.45. The highest BCUT2D eigenvalue weighted by Gasteiger charge is 2.18. The number of hydrogen-bond donors (Lipinski definition) is 2. The molecule has 126 valence electrons. The van der Waals surface area contributed by atoms with Crippen LogP contribution in [0.3, 0.4) is 0 Å². The molecule has 1 aromatic carbocycles. The Balaban J connectivity index is 0.00000441. The van der Waals surface area contributed by atoms with Gasteiger partial charge in [-0.3, -0.25) is 4.21 Å².